The molecule has 0 aliphatic rings. The second-order valence-corrected chi connectivity index (χ2v) is 5.99. The van der Waals surface area contributed by atoms with Crippen LogP contribution >= 0.6 is 34.7 Å². The van der Waals surface area contributed by atoms with Gasteiger partial charge in [0.2, 0.25) is 0 Å². The summed E-state index contributed by atoms with van der Waals surface area (Å²) in [5.41, 5.74) is 4.52. The van der Waals surface area contributed by atoms with E-state index in [0.29, 0.717) is 10.0 Å². The number of nitrogens with two attached hydrogens (primary N) is 1. The molecule has 0 saturated heterocycles. The summed E-state index contributed by atoms with van der Waals surface area (Å²) in [5, 5.41) is 5.16. The highest BCUT2D eigenvalue weighted by Crippen LogP contribution is 2.36. The van der Waals surface area contributed by atoms with Gasteiger partial charge in [-0.05, 0) is 29.1 Å². The van der Waals surface area contributed by atoms with Gasteiger partial charge < -0.3 is 0 Å². The highest BCUT2D eigenvalue weighted by molar-refractivity contribution is 7.05. The van der Waals surface area contributed by atoms with Crippen molar-refractivity contribution >= 4 is 34.7 Å². The second-order valence-electron chi connectivity index (χ2n) is 4.42. The van der Waals surface area contributed by atoms with E-state index in [1.165, 1.54) is 11.5 Å². The smallest absolute Gasteiger partial charge is 0.0852 e. The molecule has 0 aliphatic heterocycles. The zero-order valence-electron chi connectivity index (χ0n) is 10.5. The van der Waals surface area contributed by atoms with Crippen LogP contribution < -0.4 is 11.3 Å². The van der Waals surface area contributed by atoms with Gasteiger partial charge in [0, 0.05) is 0 Å². The van der Waals surface area contributed by atoms with Gasteiger partial charge in [-0.15, -0.1) is 5.10 Å². The Balaban J connectivity index is 2.50. The lowest BCUT2D eigenvalue weighted by molar-refractivity contribution is 0.631. The van der Waals surface area contributed by atoms with Crippen molar-refractivity contribution in [2.75, 3.05) is 0 Å². The fraction of sp³-hybridized carbons (Fsp3) is 0.333. The van der Waals surface area contributed by atoms with Gasteiger partial charge in [-0.1, -0.05) is 53.7 Å². The lowest BCUT2D eigenvalue weighted by atomic mass is 10.0. The molecule has 4 nitrogen and oxygen atoms in total. The van der Waals surface area contributed by atoms with Crippen molar-refractivity contribution in [1.29, 1.82) is 0 Å². The normalized spacial score (nSPS) is 12.9. The highest BCUT2D eigenvalue weighted by atomic mass is 35.5. The van der Waals surface area contributed by atoms with E-state index in [9.17, 15) is 0 Å². The van der Waals surface area contributed by atoms with Crippen molar-refractivity contribution in [3.8, 4) is 0 Å². The third kappa shape index (κ3) is 2.90. The van der Waals surface area contributed by atoms with Gasteiger partial charge in [-0.2, -0.15) is 0 Å². The summed E-state index contributed by atoms with van der Waals surface area (Å²) in [6, 6.07) is 5.22. The molecular formula is C12H14Cl2N4S. The largest absolute Gasteiger partial charge is 0.271 e. The maximum Gasteiger partial charge on any atom is 0.0852 e. The lowest BCUT2D eigenvalue weighted by Crippen LogP contribution is -2.29. The zero-order chi connectivity index (χ0) is 14.0. The minimum Gasteiger partial charge on any atom is -0.271 e. The molecule has 2 rings (SSSR count). The molecule has 0 fully saturated rings. The third-order valence-corrected chi connectivity index (χ3v) is 4.45. The van der Waals surface area contributed by atoms with Gasteiger partial charge in [-0.25, -0.2) is 5.43 Å². The number of nitrogens with one attached hydrogen (secondary N) is 1. The number of nitrogens with zero attached hydrogens (tertiary/aromatic N) is 2. The first-order valence-electron chi connectivity index (χ1n) is 5.78. The molecule has 19 heavy (non-hydrogen) atoms. The molecule has 0 radical (unpaired) electrons. The van der Waals surface area contributed by atoms with E-state index in [-0.39, 0.29) is 12.0 Å². The first-order chi connectivity index (χ1) is 9.06. The van der Waals surface area contributed by atoms with Crippen LogP contribution in [0.2, 0.25) is 10.0 Å². The molecule has 0 aliphatic carbocycles. The van der Waals surface area contributed by atoms with Crippen LogP contribution in [-0.4, -0.2) is 9.59 Å². The van der Waals surface area contributed by atoms with E-state index < -0.39 is 0 Å². The Morgan fingerprint density at radius 3 is 2.68 bits per heavy atom. The van der Waals surface area contributed by atoms with E-state index in [1.807, 2.05) is 12.1 Å². The molecule has 1 heterocycles. The SMILES string of the molecule is CC(C)c1nnsc1C(NN)c1cccc(Cl)c1Cl. The molecule has 0 amide bonds. The number of aromatic nitrogens is 2. The standard InChI is InChI=1S/C12H14Cl2N4S/c1-6(2)10-12(19-18-17-10)11(16-15)7-4-3-5-8(13)9(7)14/h3-6,11,16H,15H2,1-2H3. The van der Waals surface area contributed by atoms with Gasteiger partial charge in [0.15, 0.2) is 0 Å². The number of halogens is 2. The summed E-state index contributed by atoms with van der Waals surface area (Å²) in [5.74, 6) is 5.95. The van der Waals surface area contributed by atoms with Crippen molar-refractivity contribution < 1.29 is 0 Å². The Morgan fingerprint density at radius 2 is 2.05 bits per heavy atom. The number of benzene rings is 1. The average molecular weight is 317 g/mol. The molecule has 2 aromatic rings. The summed E-state index contributed by atoms with van der Waals surface area (Å²) in [7, 11) is 0. The first-order valence-corrected chi connectivity index (χ1v) is 7.31. The summed E-state index contributed by atoms with van der Waals surface area (Å²) in [4.78, 5) is 0.960. The Kier molecular flexibility index (Phi) is 4.76. The molecule has 1 aromatic heterocycles. The lowest BCUT2D eigenvalue weighted by Gasteiger charge is -2.18. The molecule has 0 saturated carbocycles. The molecule has 1 aromatic carbocycles. The Labute approximate surface area is 126 Å². The minimum absolute atomic E-state index is 0.261. The average Bonchev–Trinajstić information content (AvgIpc) is 2.85. The fourth-order valence-corrected chi connectivity index (χ4v) is 3.16. The fourth-order valence-electron chi connectivity index (χ4n) is 1.86. The summed E-state index contributed by atoms with van der Waals surface area (Å²) in [6.45, 7) is 4.13. The number of hydrogen-bond donors (Lipinski definition) is 2. The molecule has 0 spiro atoms. The van der Waals surface area contributed by atoms with Crippen LogP contribution in [0.25, 0.3) is 0 Å². The van der Waals surface area contributed by atoms with Crippen molar-refractivity contribution in [3.05, 3.63) is 44.4 Å². The van der Waals surface area contributed by atoms with Crippen LogP contribution in [0.5, 0.6) is 0 Å². The number of rotatable bonds is 4. The number of hydrogen-bond acceptors (Lipinski definition) is 5. The highest BCUT2D eigenvalue weighted by Gasteiger charge is 2.24. The third-order valence-electron chi connectivity index (χ3n) is 2.81. The molecule has 0 bridgehead atoms. The molecule has 7 heteroatoms. The molecule has 102 valence electrons. The van der Waals surface area contributed by atoms with Gasteiger partial charge in [0.25, 0.3) is 0 Å². The quantitative estimate of drug-likeness (QED) is 0.669. The van der Waals surface area contributed by atoms with E-state index in [1.54, 1.807) is 6.07 Å². The van der Waals surface area contributed by atoms with Crippen LogP contribution in [0.15, 0.2) is 18.2 Å². The number of hydrazine groups is 1. The van der Waals surface area contributed by atoms with Crippen LogP contribution in [0, 0.1) is 0 Å². The van der Waals surface area contributed by atoms with Crippen molar-refractivity contribution in [2.24, 2.45) is 5.84 Å². The molecule has 1 atom stereocenters. The van der Waals surface area contributed by atoms with E-state index in [2.05, 4.69) is 28.9 Å². The van der Waals surface area contributed by atoms with Crippen molar-refractivity contribution in [2.45, 2.75) is 25.8 Å². The van der Waals surface area contributed by atoms with Crippen molar-refractivity contribution in [1.82, 2.24) is 15.0 Å². The monoisotopic (exact) mass is 316 g/mol. The maximum atomic E-state index is 6.25. The van der Waals surface area contributed by atoms with Crippen molar-refractivity contribution in [3.63, 3.8) is 0 Å². The van der Waals surface area contributed by atoms with Gasteiger partial charge in [-0.3, -0.25) is 5.84 Å². The van der Waals surface area contributed by atoms with Crippen LogP contribution in [-0.2, 0) is 0 Å². The van der Waals surface area contributed by atoms with E-state index >= 15 is 0 Å². The first kappa shape index (κ1) is 14.7. The Morgan fingerprint density at radius 1 is 1.32 bits per heavy atom. The summed E-state index contributed by atoms with van der Waals surface area (Å²) in [6.07, 6.45) is 0. The second kappa shape index (κ2) is 6.15. The van der Waals surface area contributed by atoms with Gasteiger partial charge in [0.1, 0.15) is 0 Å². The predicted molar refractivity (Wildman–Crippen MR) is 79.6 cm³/mol. The summed E-state index contributed by atoms with van der Waals surface area (Å²) < 4.78 is 4.01. The Bertz CT molecular complexity index is 571. The maximum absolute atomic E-state index is 6.25. The topological polar surface area (TPSA) is 63.8 Å². The van der Waals surface area contributed by atoms with Gasteiger partial charge >= 0.3 is 0 Å². The Hall–Kier alpha value is -0.720. The zero-order valence-corrected chi connectivity index (χ0v) is 12.9. The van der Waals surface area contributed by atoms with Crippen LogP contribution in [0.3, 0.4) is 0 Å². The molecular weight excluding hydrogens is 303 g/mol. The minimum atomic E-state index is -0.261. The van der Waals surface area contributed by atoms with Crippen LogP contribution in [0.4, 0.5) is 0 Å². The van der Waals surface area contributed by atoms with Crippen LogP contribution in [0.1, 0.15) is 41.9 Å². The molecule has 1 unspecified atom stereocenters. The summed E-state index contributed by atoms with van der Waals surface area (Å²) >= 11 is 13.6. The molecule has 3 N–H and O–H groups in total. The predicted octanol–water partition coefficient (Wildman–Crippen LogP) is 3.52. The van der Waals surface area contributed by atoms with Gasteiger partial charge in [0.05, 0.1) is 26.7 Å². The van der Waals surface area contributed by atoms with E-state index in [0.717, 1.165) is 16.1 Å². The van der Waals surface area contributed by atoms with E-state index in [4.69, 9.17) is 29.0 Å².